The summed E-state index contributed by atoms with van der Waals surface area (Å²) < 4.78 is 0. The Morgan fingerprint density at radius 1 is 0.737 bits per heavy atom. The third-order valence-corrected chi connectivity index (χ3v) is 3.67. The van der Waals surface area contributed by atoms with Gasteiger partial charge in [0, 0.05) is 6.04 Å². The Morgan fingerprint density at radius 2 is 1.21 bits per heavy atom. The summed E-state index contributed by atoms with van der Waals surface area (Å²) in [6.45, 7) is 4.38. The highest BCUT2D eigenvalue weighted by atomic mass is 14.6. The predicted octanol–water partition coefficient (Wildman–Crippen LogP) is 5.98. The summed E-state index contributed by atoms with van der Waals surface area (Å²) in [5.41, 5.74) is 5.73. The van der Waals surface area contributed by atoms with Crippen LogP contribution in [0, 0.1) is 0 Å². The summed E-state index contributed by atoms with van der Waals surface area (Å²) >= 11 is 0. The van der Waals surface area contributed by atoms with Crippen LogP contribution < -0.4 is 5.73 Å². The van der Waals surface area contributed by atoms with E-state index in [1.807, 2.05) is 0 Å². The van der Waals surface area contributed by atoms with Crippen molar-refractivity contribution in [3.05, 3.63) is 12.2 Å². The predicted molar refractivity (Wildman–Crippen MR) is 88.5 cm³/mol. The molecule has 0 aromatic heterocycles. The molecule has 0 aliphatic heterocycles. The molecule has 1 nitrogen and oxygen atoms in total. The van der Waals surface area contributed by atoms with Gasteiger partial charge in [-0.25, -0.2) is 0 Å². The van der Waals surface area contributed by atoms with Crippen molar-refractivity contribution < 1.29 is 0 Å². The van der Waals surface area contributed by atoms with Crippen molar-refractivity contribution >= 4 is 0 Å². The molecule has 0 rings (SSSR count). The van der Waals surface area contributed by atoms with Crippen LogP contribution in [0.3, 0.4) is 0 Å². The molecule has 19 heavy (non-hydrogen) atoms. The minimum atomic E-state index is 0.391. The van der Waals surface area contributed by atoms with Crippen molar-refractivity contribution in [2.24, 2.45) is 5.73 Å². The van der Waals surface area contributed by atoms with Gasteiger partial charge in [0.25, 0.3) is 0 Å². The van der Waals surface area contributed by atoms with E-state index in [4.69, 9.17) is 5.73 Å². The zero-order valence-corrected chi connectivity index (χ0v) is 13.5. The van der Waals surface area contributed by atoms with Crippen LogP contribution in [0.4, 0.5) is 0 Å². The molecule has 0 saturated carbocycles. The minimum Gasteiger partial charge on any atom is -0.328 e. The molecule has 0 amide bonds. The molecular formula is C18H37N. The Hall–Kier alpha value is -0.300. The fourth-order valence-corrected chi connectivity index (χ4v) is 2.36. The van der Waals surface area contributed by atoms with E-state index >= 15 is 0 Å². The van der Waals surface area contributed by atoms with Crippen molar-refractivity contribution in [1.29, 1.82) is 0 Å². The topological polar surface area (TPSA) is 26.0 Å². The van der Waals surface area contributed by atoms with E-state index in [1.165, 1.54) is 83.5 Å². The molecule has 0 fully saturated rings. The van der Waals surface area contributed by atoms with Gasteiger partial charge in [0.2, 0.25) is 0 Å². The summed E-state index contributed by atoms with van der Waals surface area (Å²) in [7, 11) is 0. The summed E-state index contributed by atoms with van der Waals surface area (Å²) in [5, 5.41) is 0. The molecule has 0 aliphatic rings. The van der Waals surface area contributed by atoms with Gasteiger partial charge >= 0.3 is 0 Å². The molecule has 1 atom stereocenters. The second-order valence-corrected chi connectivity index (χ2v) is 6.00. The second-order valence-electron chi connectivity index (χ2n) is 6.00. The summed E-state index contributed by atoms with van der Waals surface area (Å²) in [4.78, 5) is 0. The molecule has 1 heteroatoms. The van der Waals surface area contributed by atoms with Crippen LogP contribution in [-0.4, -0.2) is 6.04 Å². The summed E-state index contributed by atoms with van der Waals surface area (Å²) in [6, 6.07) is 0.391. The zero-order chi connectivity index (χ0) is 14.2. The number of unbranched alkanes of at least 4 members (excludes halogenated alkanes) is 10. The molecule has 0 bridgehead atoms. The fraction of sp³-hybridized carbons (Fsp3) is 0.889. The molecule has 1 unspecified atom stereocenters. The van der Waals surface area contributed by atoms with Gasteiger partial charge in [-0.3, -0.25) is 0 Å². The van der Waals surface area contributed by atoms with Gasteiger partial charge in [-0.1, -0.05) is 70.4 Å². The van der Waals surface area contributed by atoms with Crippen molar-refractivity contribution in [2.75, 3.05) is 0 Å². The first-order valence-electron chi connectivity index (χ1n) is 8.68. The van der Waals surface area contributed by atoms with Gasteiger partial charge in [0.1, 0.15) is 0 Å². The SMILES string of the molecule is CCCCCC/C=C/CCCCCCCCC(C)N. The molecule has 0 saturated heterocycles. The maximum Gasteiger partial charge on any atom is 0.00104 e. The Bertz CT molecular complexity index is 184. The van der Waals surface area contributed by atoms with Crippen LogP contribution in [0.2, 0.25) is 0 Å². The highest BCUT2D eigenvalue weighted by Crippen LogP contribution is 2.10. The first kappa shape index (κ1) is 18.7. The van der Waals surface area contributed by atoms with E-state index in [1.54, 1.807) is 0 Å². The molecular weight excluding hydrogens is 230 g/mol. The average Bonchev–Trinajstić information content (AvgIpc) is 2.39. The third-order valence-electron chi connectivity index (χ3n) is 3.67. The molecule has 0 aromatic carbocycles. The van der Waals surface area contributed by atoms with Crippen LogP contribution in [0.15, 0.2) is 12.2 Å². The minimum absolute atomic E-state index is 0.391. The molecule has 0 spiro atoms. The lowest BCUT2D eigenvalue weighted by molar-refractivity contribution is 0.550. The standard InChI is InChI=1S/C18H37N/c1-3-4-5-6-7-8-9-10-11-12-13-14-15-16-17-18(2)19/h8-9,18H,3-7,10-17,19H2,1-2H3/b9-8+. The quantitative estimate of drug-likeness (QED) is 0.304. The van der Waals surface area contributed by atoms with Crippen molar-refractivity contribution in [3.63, 3.8) is 0 Å². The van der Waals surface area contributed by atoms with Crippen LogP contribution in [0.5, 0.6) is 0 Å². The van der Waals surface area contributed by atoms with Crippen LogP contribution in [-0.2, 0) is 0 Å². The second kappa shape index (κ2) is 15.8. The first-order valence-corrected chi connectivity index (χ1v) is 8.68. The highest BCUT2D eigenvalue weighted by molar-refractivity contribution is 4.81. The molecule has 0 radical (unpaired) electrons. The Morgan fingerprint density at radius 3 is 1.74 bits per heavy atom. The molecule has 0 aliphatic carbocycles. The lowest BCUT2D eigenvalue weighted by Gasteiger charge is -2.04. The number of rotatable bonds is 14. The van der Waals surface area contributed by atoms with E-state index in [2.05, 4.69) is 26.0 Å². The Kier molecular flexibility index (Phi) is 15.5. The number of hydrogen-bond acceptors (Lipinski definition) is 1. The third kappa shape index (κ3) is 17.7. The van der Waals surface area contributed by atoms with Crippen molar-refractivity contribution in [1.82, 2.24) is 0 Å². The van der Waals surface area contributed by atoms with Gasteiger partial charge in [-0.15, -0.1) is 0 Å². The summed E-state index contributed by atoms with van der Waals surface area (Å²) in [5.74, 6) is 0. The molecule has 0 heterocycles. The van der Waals surface area contributed by atoms with Crippen molar-refractivity contribution in [3.8, 4) is 0 Å². The van der Waals surface area contributed by atoms with Crippen LogP contribution >= 0.6 is 0 Å². The largest absolute Gasteiger partial charge is 0.328 e. The fourth-order valence-electron chi connectivity index (χ4n) is 2.36. The normalized spacial score (nSPS) is 13.2. The summed E-state index contributed by atoms with van der Waals surface area (Å²) in [6.07, 6.45) is 22.3. The van der Waals surface area contributed by atoms with Gasteiger partial charge in [0.05, 0.1) is 0 Å². The maximum absolute atomic E-state index is 5.73. The average molecular weight is 268 g/mol. The zero-order valence-electron chi connectivity index (χ0n) is 13.5. The van der Waals surface area contributed by atoms with Gasteiger partial charge in [-0.05, 0) is 39.0 Å². The number of hydrogen-bond donors (Lipinski definition) is 1. The first-order chi connectivity index (χ1) is 9.27. The van der Waals surface area contributed by atoms with E-state index in [-0.39, 0.29) is 0 Å². The molecule has 2 N–H and O–H groups in total. The van der Waals surface area contributed by atoms with Crippen molar-refractivity contribution in [2.45, 2.75) is 103 Å². The van der Waals surface area contributed by atoms with Gasteiger partial charge in [0.15, 0.2) is 0 Å². The Labute approximate surface area is 122 Å². The lowest BCUT2D eigenvalue weighted by Crippen LogP contribution is -2.13. The Balaban J connectivity index is 3.03. The van der Waals surface area contributed by atoms with E-state index in [0.717, 1.165) is 0 Å². The highest BCUT2D eigenvalue weighted by Gasteiger charge is 1.94. The smallest absolute Gasteiger partial charge is 0.00104 e. The van der Waals surface area contributed by atoms with Crippen LogP contribution in [0.25, 0.3) is 0 Å². The number of allylic oxidation sites excluding steroid dienone is 2. The van der Waals surface area contributed by atoms with Gasteiger partial charge < -0.3 is 5.73 Å². The van der Waals surface area contributed by atoms with E-state index in [9.17, 15) is 0 Å². The lowest BCUT2D eigenvalue weighted by atomic mass is 10.1. The maximum atomic E-state index is 5.73. The molecule has 114 valence electrons. The van der Waals surface area contributed by atoms with Gasteiger partial charge in [-0.2, -0.15) is 0 Å². The van der Waals surface area contributed by atoms with E-state index in [0.29, 0.717) is 6.04 Å². The van der Waals surface area contributed by atoms with Crippen LogP contribution in [0.1, 0.15) is 97.3 Å². The number of nitrogens with two attached hydrogens (primary N) is 1. The molecule has 0 aromatic rings. The van der Waals surface area contributed by atoms with E-state index < -0.39 is 0 Å². The monoisotopic (exact) mass is 267 g/mol.